The molecule has 0 saturated carbocycles. The SMILES string of the molecule is CC(C)(C)c1ccc(-c2ccccc2N(c2ccccc2)c2cc3c4c(c2)N(c2ccccc2-c2ccc(C(C)(C)C)cc2)c2ccccc2B4c2cc4c(cc2N3c2ccccc2)N(c2ccccc2-c2ccc(C(C)(C)C)cc2)c2cc(N(c3ccccc3)c3ccccc3)cc3c2B4c2ccccc2N3c2ccccc2)cc1. The van der Waals surface area contributed by atoms with Crippen LogP contribution in [-0.2, 0) is 16.2 Å². The minimum Gasteiger partial charge on any atom is -0.311 e. The largest absolute Gasteiger partial charge is 0.311 e. The molecule has 16 aromatic carbocycles. The van der Waals surface area contributed by atoms with Crippen molar-refractivity contribution >= 4 is 149 Å². The molecule has 0 spiro atoms. The van der Waals surface area contributed by atoms with Gasteiger partial charge in [-0.2, -0.15) is 0 Å². The van der Waals surface area contributed by atoms with Gasteiger partial charge in [0.25, 0.3) is 13.4 Å². The Bertz CT molecular complexity index is 6370. The lowest BCUT2D eigenvalue weighted by molar-refractivity contribution is 0.590. The first-order valence-corrected chi connectivity index (χ1v) is 40.9. The Labute approximate surface area is 684 Å². The van der Waals surface area contributed by atoms with Gasteiger partial charge in [-0.3, -0.25) is 0 Å². The Kier molecular flexibility index (Phi) is 17.4. The molecule has 0 saturated heterocycles. The second-order valence-electron chi connectivity index (χ2n) is 34.5. The summed E-state index contributed by atoms with van der Waals surface area (Å²) >= 11 is 0. The number of para-hydroxylation sites is 10. The summed E-state index contributed by atoms with van der Waals surface area (Å²) in [5.74, 6) is 0. The summed E-state index contributed by atoms with van der Waals surface area (Å²) < 4.78 is 0. The van der Waals surface area contributed by atoms with Crippen LogP contribution in [0.1, 0.15) is 79.0 Å². The fourth-order valence-electron chi connectivity index (χ4n) is 18.6. The first-order valence-electron chi connectivity index (χ1n) is 40.9. The molecule has 0 aliphatic carbocycles. The van der Waals surface area contributed by atoms with Crippen LogP contribution < -0.4 is 62.2 Å². The average molecular weight is 1490 g/mol. The van der Waals surface area contributed by atoms with Crippen molar-refractivity contribution in [2.45, 2.75) is 78.6 Å². The Balaban J connectivity index is 0.915. The van der Waals surface area contributed by atoms with Crippen LogP contribution in [0.3, 0.4) is 0 Å². The number of fused-ring (bicyclic) bond motifs is 8. The maximum absolute atomic E-state index is 2.68. The third-order valence-electron chi connectivity index (χ3n) is 24.2. The van der Waals surface area contributed by atoms with Crippen molar-refractivity contribution in [3.05, 3.63) is 399 Å². The van der Waals surface area contributed by atoms with Gasteiger partial charge in [0.2, 0.25) is 0 Å². The molecule has 0 amide bonds. The molecule has 4 heterocycles. The van der Waals surface area contributed by atoms with Crippen molar-refractivity contribution in [2.24, 2.45) is 0 Å². The number of hydrogen-bond acceptors (Lipinski definition) is 6. The summed E-state index contributed by atoms with van der Waals surface area (Å²) in [5.41, 5.74) is 37.5. The molecule has 0 bridgehead atoms. The van der Waals surface area contributed by atoms with Crippen molar-refractivity contribution < 1.29 is 0 Å². The molecule has 16 aromatic rings. The third-order valence-corrected chi connectivity index (χ3v) is 24.2. The van der Waals surface area contributed by atoms with Crippen LogP contribution >= 0.6 is 0 Å². The Morgan fingerprint density at radius 3 is 0.914 bits per heavy atom. The zero-order valence-electron chi connectivity index (χ0n) is 67.2. The lowest BCUT2D eigenvalue weighted by atomic mass is 9.30. The average Bonchev–Trinajstić information content (AvgIpc) is 0.905. The normalized spacial score (nSPS) is 13.1. The minimum absolute atomic E-state index is 0.0178. The zero-order chi connectivity index (χ0) is 78.7. The highest BCUT2D eigenvalue weighted by Gasteiger charge is 2.50. The van der Waals surface area contributed by atoms with E-state index in [0.29, 0.717) is 0 Å². The molecule has 4 aliphatic heterocycles. The molecule has 20 rings (SSSR count). The van der Waals surface area contributed by atoms with Crippen molar-refractivity contribution in [3.63, 3.8) is 0 Å². The van der Waals surface area contributed by atoms with Gasteiger partial charge >= 0.3 is 0 Å². The fourth-order valence-corrected chi connectivity index (χ4v) is 18.6. The molecule has 0 atom stereocenters. The summed E-state index contributed by atoms with van der Waals surface area (Å²) in [6.07, 6.45) is 0. The van der Waals surface area contributed by atoms with Gasteiger partial charge in [0.15, 0.2) is 0 Å². The second kappa shape index (κ2) is 28.2. The highest BCUT2D eigenvalue weighted by atomic mass is 15.2. The standard InChI is InChI=1S/C108H90B2N6/c1-106(2,3)76-61-55-73(56-62-76)86-45-25-30-50-93(86)112(81-39-19-12-20-40-81)85-69-101-105-102(70-85)115(94-51-31-26-46-87(94)74-57-63-77(64-58-74)107(4,5)6)97-54-34-29-49-90(97)110(105)91-71-92-99(72-98(91)114(101)83-43-23-14-24-44-83)116(95-52-32-27-47-88(95)75-59-65-78(66-60-75)108(7,8)9)103-68-84(111(79-35-15-10-16-36-79)80-37-17-11-18-38-80)67-100-104(103)109(92)89-48-28-33-53-96(89)113(100)82-41-21-13-22-42-82/h10-72H,1-9H3. The van der Waals surface area contributed by atoms with Gasteiger partial charge in [0.1, 0.15) is 0 Å². The van der Waals surface area contributed by atoms with Crippen molar-refractivity contribution in [1.29, 1.82) is 0 Å². The summed E-state index contributed by atoms with van der Waals surface area (Å²) in [7, 11) is 0. The number of hydrogen-bond donors (Lipinski definition) is 0. The van der Waals surface area contributed by atoms with Gasteiger partial charge in [-0.15, -0.1) is 0 Å². The molecule has 6 nitrogen and oxygen atoms in total. The van der Waals surface area contributed by atoms with Gasteiger partial charge in [0.05, 0.1) is 28.4 Å². The van der Waals surface area contributed by atoms with E-state index in [1.54, 1.807) is 0 Å². The summed E-state index contributed by atoms with van der Waals surface area (Å²) in [6.45, 7) is 20.2. The Morgan fingerprint density at radius 1 is 0.207 bits per heavy atom. The number of benzene rings is 16. The molecule has 0 aromatic heterocycles. The number of rotatable bonds is 13. The monoisotopic (exact) mass is 1490 g/mol. The Morgan fingerprint density at radius 2 is 0.500 bits per heavy atom. The lowest BCUT2D eigenvalue weighted by Crippen LogP contribution is -2.65. The van der Waals surface area contributed by atoms with Gasteiger partial charge in [-0.05, 0) is 204 Å². The molecule has 558 valence electrons. The van der Waals surface area contributed by atoms with Crippen LogP contribution in [0.2, 0.25) is 0 Å². The molecule has 0 radical (unpaired) electrons. The first kappa shape index (κ1) is 71.5. The smallest absolute Gasteiger partial charge is 0.252 e. The summed E-state index contributed by atoms with van der Waals surface area (Å²) in [6, 6.07) is 144. The van der Waals surface area contributed by atoms with Gasteiger partial charge in [0, 0.05) is 90.6 Å². The number of nitrogens with zero attached hydrogens (tertiary/aromatic N) is 6. The lowest BCUT2D eigenvalue weighted by Gasteiger charge is -2.48. The third kappa shape index (κ3) is 12.2. The van der Waals surface area contributed by atoms with E-state index in [2.05, 4.69) is 474 Å². The molecule has 0 fully saturated rings. The maximum atomic E-state index is 2.68. The van der Waals surface area contributed by atoms with Gasteiger partial charge in [-0.1, -0.05) is 323 Å². The van der Waals surface area contributed by atoms with E-state index in [0.717, 1.165) is 136 Å². The molecular formula is C108H90B2N6. The van der Waals surface area contributed by atoms with Crippen LogP contribution in [-0.4, -0.2) is 13.4 Å². The van der Waals surface area contributed by atoms with E-state index in [-0.39, 0.29) is 29.7 Å². The van der Waals surface area contributed by atoms with E-state index < -0.39 is 0 Å². The van der Waals surface area contributed by atoms with E-state index in [9.17, 15) is 0 Å². The first-order chi connectivity index (χ1) is 56.5. The molecule has 0 unspecified atom stereocenters. The zero-order valence-corrected chi connectivity index (χ0v) is 67.2. The molecule has 4 aliphatic rings. The predicted octanol–water partition coefficient (Wildman–Crippen LogP) is 25.7. The van der Waals surface area contributed by atoms with Crippen LogP contribution in [0.5, 0.6) is 0 Å². The molecule has 8 heteroatoms. The summed E-state index contributed by atoms with van der Waals surface area (Å²) in [4.78, 5) is 15.4. The Hall–Kier alpha value is -13.6. The summed E-state index contributed by atoms with van der Waals surface area (Å²) in [5, 5.41) is 0. The van der Waals surface area contributed by atoms with Crippen LogP contribution in [0.4, 0.5) is 102 Å². The van der Waals surface area contributed by atoms with Crippen LogP contribution in [0.15, 0.2) is 382 Å². The van der Waals surface area contributed by atoms with E-state index in [1.807, 2.05) is 0 Å². The topological polar surface area (TPSA) is 19.4 Å². The van der Waals surface area contributed by atoms with E-state index in [4.69, 9.17) is 0 Å². The van der Waals surface area contributed by atoms with Crippen molar-refractivity contribution in [3.8, 4) is 33.4 Å². The van der Waals surface area contributed by atoms with Gasteiger partial charge < -0.3 is 29.4 Å². The highest BCUT2D eigenvalue weighted by molar-refractivity contribution is 7.03. The van der Waals surface area contributed by atoms with Crippen molar-refractivity contribution in [1.82, 2.24) is 0 Å². The predicted molar refractivity (Wildman–Crippen MR) is 496 cm³/mol. The minimum atomic E-state index is -0.269. The maximum Gasteiger partial charge on any atom is 0.252 e. The molecule has 116 heavy (non-hydrogen) atoms. The van der Waals surface area contributed by atoms with Gasteiger partial charge in [-0.25, -0.2) is 0 Å². The quantitative estimate of drug-likeness (QED) is 0.106. The second-order valence-corrected chi connectivity index (χ2v) is 34.5. The number of anilines is 18. The fraction of sp³-hybridized carbons (Fsp3) is 0.111. The van der Waals surface area contributed by atoms with E-state index in [1.165, 1.54) is 49.5 Å². The molecule has 0 N–H and O–H groups in total. The van der Waals surface area contributed by atoms with Crippen molar-refractivity contribution in [2.75, 3.05) is 29.4 Å². The highest BCUT2D eigenvalue weighted by Crippen LogP contribution is 2.55. The molecular weight excluding hydrogens is 1400 g/mol. The van der Waals surface area contributed by atoms with E-state index >= 15 is 0 Å². The van der Waals surface area contributed by atoms with Crippen LogP contribution in [0, 0.1) is 0 Å². The van der Waals surface area contributed by atoms with Crippen LogP contribution in [0.25, 0.3) is 33.4 Å².